The van der Waals surface area contributed by atoms with Gasteiger partial charge in [0, 0.05) is 34.6 Å². The zero-order valence-electron chi connectivity index (χ0n) is 23.1. The summed E-state index contributed by atoms with van der Waals surface area (Å²) in [5.74, 6) is -0.250. The fraction of sp³-hybridized carbons (Fsp3) is 0.323. The molecule has 0 saturated carbocycles. The van der Waals surface area contributed by atoms with Gasteiger partial charge in [-0.2, -0.15) is 5.10 Å². The van der Waals surface area contributed by atoms with Crippen LogP contribution in [0.3, 0.4) is 0 Å². The Bertz CT molecular complexity index is 1440. The van der Waals surface area contributed by atoms with Crippen LogP contribution in [0.2, 0.25) is 15.1 Å². The molecule has 1 fully saturated rings. The zero-order valence-corrected chi connectivity index (χ0v) is 25.4. The van der Waals surface area contributed by atoms with Crippen molar-refractivity contribution in [2.24, 2.45) is 11.0 Å². The number of nitrogens with zero attached hydrogens (tertiary/aromatic N) is 2. The number of carbonyl (C=O) groups is 2. The van der Waals surface area contributed by atoms with Crippen LogP contribution >= 0.6 is 34.8 Å². The van der Waals surface area contributed by atoms with Crippen LogP contribution in [0.1, 0.15) is 43.7 Å². The summed E-state index contributed by atoms with van der Waals surface area (Å²) in [5.41, 5.74) is 5.60. The molecule has 1 aliphatic rings. The molecule has 1 saturated heterocycles. The summed E-state index contributed by atoms with van der Waals surface area (Å²) >= 11 is 18.2. The van der Waals surface area contributed by atoms with Gasteiger partial charge in [-0.15, -0.1) is 0 Å². The van der Waals surface area contributed by atoms with E-state index in [-0.39, 0.29) is 30.0 Å². The summed E-state index contributed by atoms with van der Waals surface area (Å²) < 4.78 is 18.9. The number of piperidine rings is 1. The Labute approximate surface area is 260 Å². The van der Waals surface area contributed by atoms with Crippen molar-refractivity contribution < 1.29 is 18.7 Å². The number of carbonyl (C=O) groups excluding carboxylic acids is 2. The lowest BCUT2D eigenvalue weighted by molar-refractivity contribution is -0.126. The molecule has 0 radical (unpaired) electrons. The minimum atomic E-state index is -0.356. The topological polar surface area (TPSA) is 83.0 Å². The molecule has 1 aliphatic heterocycles. The largest absolute Gasteiger partial charge is 0.492 e. The molecule has 1 heterocycles. The summed E-state index contributed by atoms with van der Waals surface area (Å²) in [6.45, 7) is 4.22. The van der Waals surface area contributed by atoms with Crippen LogP contribution in [-0.2, 0) is 16.1 Å². The Morgan fingerprint density at radius 2 is 1.81 bits per heavy atom. The van der Waals surface area contributed by atoms with Crippen molar-refractivity contribution in [2.75, 3.05) is 25.0 Å². The maximum absolute atomic E-state index is 13.3. The van der Waals surface area contributed by atoms with E-state index in [2.05, 4.69) is 20.7 Å². The third-order valence-corrected chi connectivity index (χ3v) is 7.85. The molecule has 0 atom stereocenters. The number of ether oxygens (including phenoxy) is 1. The van der Waals surface area contributed by atoms with Crippen LogP contribution in [0.4, 0.5) is 10.1 Å². The third kappa shape index (κ3) is 9.42. The molecule has 0 aromatic heterocycles. The van der Waals surface area contributed by atoms with E-state index in [0.717, 1.165) is 24.2 Å². The molecule has 42 heavy (non-hydrogen) atoms. The molecule has 0 bridgehead atoms. The number of likely N-dealkylation sites (tertiary alicyclic amines) is 1. The quantitative estimate of drug-likeness (QED) is 0.132. The number of hydrogen-bond acceptors (Lipinski definition) is 5. The molecular weight excluding hydrogens is 602 g/mol. The molecule has 2 amide bonds. The average molecular weight is 634 g/mol. The number of benzene rings is 3. The minimum absolute atomic E-state index is 0.125. The van der Waals surface area contributed by atoms with E-state index in [1.807, 2.05) is 18.2 Å². The second-order valence-corrected chi connectivity index (χ2v) is 11.4. The van der Waals surface area contributed by atoms with Crippen molar-refractivity contribution in [1.82, 2.24) is 10.3 Å². The van der Waals surface area contributed by atoms with E-state index in [9.17, 15) is 14.0 Å². The molecule has 2 N–H and O–H groups in total. The maximum atomic E-state index is 13.3. The van der Waals surface area contributed by atoms with Crippen LogP contribution in [0.5, 0.6) is 5.75 Å². The molecule has 4 rings (SSSR count). The Kier molecular flexibility index (Phi) is 11.6. The molecule has 0 spiro atoms. The highest BCUT2D eigenvalue weighted by Gasteiger charge is 2.25. The van der Waals surface area contributed by atoms with E-state index >= 15 is 0 Å². The SMILES string of the molecule is CC(=NNC(=O)C1CCN(Cc2ccc(F)cc2Cl)CC1)c1cccc(NC(=O)CCCOc2ccc(Cl)cc2Cl)c1. The number of hydrogen-bond donors (Lipinski definition) is 2. The smallest absolute Gasteiger partial charge is 0.243 e. The van der Waals surface area contributed by atoms with Crippen molar-refractivity contribution in [3.8, 4) is 5.75 Å². The highest BCUT2D eigenvalue weighted by molar-refractivity contribution is 6.35. The molecule has 0 aliphatic carbocycles. The van der Waals surface area contributed by atoms with E-state index in [0.29, 0.717) is 64.6 Å². The highest BCUT2D eigenvalue weighted by Crippen LogP contribution is 2.28. The standard InChI is InChI=1S/C31H32Cl3FN4O3/c1-20(37-38-31(41)21-11-13-39(14-12-21)19-23-7-9-25(35)18-27(23)33)22-4-2-5-26(16-22)36-30(40)6-3-15-42-29-10-8-24(32)17-28(29)34/h2,4-5,7-10,16-18,21H,3,6,11-15,19H2,1H3,(H,36,40)(H,38,41). The van der Waals surface area contributed by atoms with Gasteiger partial charge in [-0.05, 0) is 92.9 Å². The lowest BCUT2D eigenvalue weighted by atomic mass is 9.96. The van der Waals surface area contributed by atoms with Crippen molar-refractivity contribution >= 4 is 58.0 Å². The van der Waals surface area contributed by atoms with Crippen LogP contribution in [0.25, 0.3) is 0 Å². The van der Waals surface area contributed by atoms with Gasteiger partial charge in [0.1, 0.15) is 11.6 Å². The lowest BCUT2D eigenvalue weighted by Gasteiger charge is -2.31. The van der Waals surface area contributed by atoms with Crippen LogP contribution in [0.15, 0.2) is 65.8 Å². The maximum Gasteiger partial charge on any atom is 0.243 e. The van der Waals surface area contributed by atoms with E-state index < -0.39 is 0 Å². The predicted octanol–water partition coefficient (Wildman–Crippen LogP) is 7.34. The summed E-state index contributed by atoms with van der Waals surface area (Å²) in [5, 5.41) is 8.55. The number of amides is 2. The van der Waals surface area contributed by atoms with Crippen molar-refractivity contribution in [1.29, 1.82) is 0 Å². The van der Waals surface area contributed by atoms with Gasteiger partial charge in [0.15, 0.2) is 0 Å². The molecule has 11 heteroatoms. The van der Waals surface area contributed by atoms with Gasteiger partial charge in [-0.25, -0.2) is 9.82 Å². The van der Waals surface area contributed by atoms with E-state index in [1.54, 1.807) is 37.3 Å². The fourth-order valence-corrected chi connectivity index (χ4v) is 5.28. The first-order valence-corrected chi connectivity index (χ1v) is 14.8. The van der Waals surface area contributed by atoms with Gasteiger partial charge in [0.25, 0.3) is 0 Å². The first-order chi connectivity index (χ1) is 20.2. The Balaban J connectivity index is 1.20. The first kappa shape index (κ1) is 31.8. The summed E-state index contributed by atoms with van der Waals surface area (Å²) in [6, 6.07) is 16.7. The fourth-order valence-electron chi connectivity index (χ4n) is 4.59. The molecular formula is C31H32Cl3FN4O3. The summed E-state index contributed by atoms with van der Waals surface area (Å²) in [4.78, 5) is 27.4. The van der Waals surface area contributed by atoms with Gasteiger partial charge in [0.05, 0.1) is 17.3 Å². The molecule has 222 valence electrons. The Morgan fingerprint density at radius 3 is 2.55 bits per heavy atom. The number of rotatable bonds is 11. The summed E-state index contributed by atoms with van der Waals surface area (Å²) in [6.07, 6.45) is 2.17. The van der Waals surface area contributed by atoms with Gasteiger partial charge in [0.2, 0.25) is 11.8 Å². The van der Waals surface area contributed by atoms with E-state index in [4.69, 9.17) is 39.5 Å². The van der Waals surface area contributed by atoms with Crippen molar-refractivity contribution in [3.63, 3.8) is 0 Å². The second-order valence-electron chi connectivity index (χ2n) is 10.1. The second kappa shape index (κ2) is 15.3. The molecule has 0 unspecified atom stereocenters. The Morgan fingerprint density at radius 1 is 1.02 bits per heavy atom. The summed E-state index contributed by atoms with van der Waals surface area (Å²) in [7, 11) is 0. The van der Waals surface area contributed by atoms with Gasteiger partial charge in [-0.3, -0.25) is 14.5 Å². The van der Waals surface area contributed by atoms with Crippen LogP contribution in [-0.4, -0.2) is 42.1 Å². The minimum Gasteiger partial charge on any atom is -0.492 e. The molecule has 3 aromatic rings. The van der Waals surface area contributed by atoms with Gasteiger partial charge < -0.3 is 10.1 Å². The lowest BCUT2D eigenvalue weighted by Crippen LogP contribution is -2.39. The number of hydrazone groups is 1. The Hall–Kier alpha value is -3.17. The number of nitrogens with one attached hydrogen (secondary N) is 2. The monoisotopic (exact) mass is 632 g/mol. The third-order valence-electron chi connectivity index (χ3n) is 6.97. The number of anilines is 1. The van der Waals surface area contributed by atoms with E-state index in [1.165, 1.54) is 12.1 Å². The van der Waals surface area contributed by atoms with Crippen LogP contribution < -0.4 is 15.5 Å². The number of halogens is 4. The van der Waals surface area contributed by atoms with Crippen molar-refractivity contribution in [2.45, 2.75) is 39.2 Å². The average Bonchev–Trinajstić information content (AvgIpc) is 2.96. The van der Waals surface area contributed by atoms with Gasteiger partial charge >= 0.3 is 0 Å². The van der Waals surface area contributed by atoms with Gasteiger partial charge in [-0.1, -0.05) is 53.0 Å². The molecule has 3 aromatic carbocycles. The first-order valence-electron chi connectivity index (χ1n) is 13.7. The normalized spacial score (nSPS) is 14.5. The predicted molar refractivity (Wildman–Crippen MR) is 166 cm³/mol. The van der Waals surface area contributed by atoms with Crippen molar-refractivity contribution in [3.05, 3.63) is 92.7 Å². The zero-order chi connectivity index (χ0) is 30.1. The van der Waals surface area contributed by atoms with Crippen LogP contribution in [0, 0.1) is 11.7 Å². The highest BCUT2D eigenvalue weighted by atomic mass is 35.5. The molecule has 7 nitrogen and oxygen atoms in total.